The Labute approximate surface area is 155 Å². The van der Waals surface area contributed by atoms with Crippen molar-refractivity contribution in [3.8, 4) is 11.3 Å². The van der Waals surface area contributed by atoms with Crippen LogP contribution in [0, 0.1) is 0 Å². The molecule has 26 heavy (non-hydrogen) atoms. The second-order valence-electron chi connectivity index (χ2n) is 6.20. The average Bonchev–Trinajstić information content (AvgIpc) is 2.61. The largest absolute Gasteiger partial charge is 0.378 e. The summed E-state index contributed by atoms with van der Waals surface area (Å²) in [4.78, 5) is 10.8. The van der Waals surface area contributed by atoms with E-state index >= 15 is 0 Å². The van der Waals surface area contributed by atoms with Gasteiger partial charge in [0.25, 0.3) is 0 Å². The third-order valence-corrected chi connectivity index (χ3v) is 5.36. The molecule has 0 atom stereocenters. The van der Waals surface area contributed by atoms with Crippen molar-refractivity contribution in [3.63, 3.8) is 0 Å². The molecular formula is C18H27N5O2S. The molecule has 7 nitrogen and oxygen atoms in total. The van der Waals surface area contributed by atoms with Gasteiger partial charge in [0.2, 0.25) is 16.0 Å². The molecule has 1 aromatic heterocycles. The van der Waals surface area contributed by atoms with Gasteiger partial charge in [-0.3, -0.25) is 0 Å². The lowest BCUT2D eigenvalue weighted by Gasteiger charge is -2.12. The van der Waals surface area contributed by atoms with Crippen LogP contribution in [-0.2, 0) is 10.0 Å². The topological polar surface area (TPSA) is 87.2 Å². The molecule has 1 heterocycles. The average molecular weight is 378 g/mol. The third-order valence-electron chi connectivity index (χ3n) is 3.77. The molecule has 2 N–H and O–H groups in total. The standard InChI is InChI=1S/C18H27N5O2S/c1-4-14-26(24,25)21-12-5-11-19-18-20-13-10-17(22-18)15-6-8-16(9-7-15)23(2)3/h6-10,13,21H,4-5,11-12,14H2,1-3H3,(H,19,20,22). The smallest absolute Gasteiger partial charge is 0.223 e. The van der Waals surface area contributed by atoms with Gasteiger partial charge in [0.05, 0.1) is 11.4 Å². The molecule has 2 rings (SSSR count). The van der Waals surface area contributed by atoms with E-state index in [0.29, 0.717) is 31.9 Å². The highest BCUT2D eigenvalue weighted by Crippen LogP contribution is 2.21. The van der Waals surface area contributed by atoms with E-state index in [1.54, 1.807) is 6.20 Å². The van der Waals surface area contributed by atoms with Crippen LogP contribution in [0.3, 0.4) is 0 Å². The number of nitrogens with one attached hydrogen (secondary N) is 2. The van der Waals surface area contributed by atoms with E-state index in [2.05, 4.69) is 20.0 Å². The first-order valence-corrected chi connectivity index (χ1v) is 10.4. The van der Waals surface area contributed by atoms with Gasteiger partial charge in [-0.05, 0) is 31.0 Å². The zero-order valence-electron chi connectivity index (χ0n) is 15.6. The van der Waals surface area contributed by atoms with Gasteiger partial charge >= 0.3 is 0 Å². The maximum atomic E-state index is 11.6. The first kappa shape index (κ1) is 20.1. The van der Waals surface area contributed by atoms with Crippen LogP contribution < -0.4 is 14.9 Å². The molecule has 0 aliphatic heterocycles. The molecular weight excluding hydrogens is 350 g/mol. The van der Waals surface area contributed by atoms with Crippen molar-refractivity contribution in [1.29, 1.82) is 0 Å². The molecule has 0 fully saturated rings. The molecule has 0 saturated carbocycles. The molecule has 0 aliphatic carbocycles. The van der Waals surface area contributed by atoms with E-state index in [0.717, 1.165) is 16.9 Å². The highest BCUT2D eigenvalue weighted by atomic mass is 32.2. The summed E-state index contributed by atoms with van der Waals surface area (Å²) < 4.78 is 25.7. The van der Waals surface area contributed by atoms with Crippen molar-refractivity contribution >= 4 is 21.7 Å². The Morgan fingerprint density at radius 1 is 1.08 bits per heavy atom. The monoisotopic (exact) mass is 377 g/mol. The number of hydrogen-bond donors (Lipinski definition) is 2. The Bertz CT molecular complexity index is 791. The van der Waals surface area contributed by atoms with E-state index in [1.165, 1.54) is 0 Å². The summed E-state index contributed by atoms with van der Waals surface area (Å²) in [5, 5.41) is 3.14. The van der Waals surface area contributed by atoms with Gasteiger partial charge in [0.15, 0.2) is 0 Å². The van der Waals surface area contributed by atoms with Crippen LogP contribution >= 0.6 is 0 Å². The van der Waals surface area contributed by atoms with Crippen LogP contribution in [0.15, 0.2) is 36.5 Å². The van der Waals surface area contributed by atoms with E-state index in [1.807, 2.05) is 56.3 Å². The van der Waals surface area contributed by atoms with Gasteiger partial charge < -0.3 is 10.2 Å². The first-order valence-electron chi connectivity index (χ1n) is 8.73. The van der Waals surface area contributed by atoms with E-state index in [9.17, 15) is 8.42 Å². The predicted octanol–water partition coefficient (Wildman–Crippen LogP) is 2.34. The summed E-state index contributed by atoms with van der Waals surface area (Å²) in [6.45, 7) is 2.85. The Morgan fingerprint density at radius 3 is 2.46 bits per heavy atom. The number of benzene rings is 1. The molecule has 0 saturated heterocycles. The summed E-state index contributed by atoms with van der Waals surface area (Å²) in [5.74, 6) is 0.702. The van der Waals surface area contributed by atoms with Crippen molar-refractivity contribution < 1.29 is 8.42 Å². The Morgan fingerprint density at radius 2 is 1.81 bits per heavy atom. The summed E-state index contributed by atoms with van der Waals surface area (Å²) in [5.41, 5.74) is 3.00. The van der Waals surface area contributed by atoms with Crippen LogP contribution in [0.5, 0.6) is 0 Å². The third kappa shape index (κ3) is 6.27. The molecule has 0 spiro atoms. The van der Waals surface area contributed by atoms with E-state index in [4.69, 9.17) is 0 Å². The van der Waals surface area contributed by atoms with Crippen molar-refractivity contribution in [1.82, 2.24) is 14.7 Å². The van der Waals surface area contributed by atoms with Gasteiger partial charge in [-0.25, -0.2) is 23.1 Å². The minimum atomic E-state index is -3.14. The van der Waals surface area contributed by atoms with Crippen LogP contribution in [0.2, 0.25) is 0 Å². The van der Waals surface area contributed by atoms with Gasteiger partial charge in [-0.15, -0.1) is 0 Å². The highest BCUT2D eigenvalue weighted by Gasteiger charge is 2.07. The van der Waals surface area contributed by atoms with E-state index in [-0.39, 0.29) is 5.75 Å². The van der Waals surface area contributed by atoms with Crippen LogP contribution in [0.25, 0.3) is 11.3 Å². The van der Waals surface area contributed by atoms with Crippen molar-refractivity contribution in [2.24, 2.45) is 0 Å². The minimum Gasteiger partial charge on any atom is -0.378 e. The summed E-state index contributed by atoms with van der Waals surface area (Å²) in [7, 11) is 0.866. The zero-order chi connectivity index (χ0) is 19.0. The summed E-state index contributed by atoms with van der Waals surface area (Å²) in [6, 6.07) is 10.0. The predicted molar refractivity (Wildman–Crippen MR) is 107 cm³/mol. The molecule has 0 radical (unpaired) electrons. The zero-order valence-corrected chi connectivity index (χ0v) is 16.4. The highest BCUT2D eigenvalue weighted by molar-refractivity contribution is 7.89. The van der Waals surface area contributed by atoms with Crippen LogP contribution in [-0.4, -0.2) is 51.3 Å². The Hall–Kier alpha value is -2.19. The minimum absolute atomic E-state index is 0.165. The Kier molecular flexibility index (Phi) is 7.35. The van der Waals surface area contributed by atoms with E-state index < -0.39 is 10.0 Å². The molecule has 142 valence electrons. The van der Waals surface area contributed by atoms with Gasteiger partial charge in [0.1, 0.15) is 0 Å². The quantitative estimate of drug-likeness (QED) is 0.618. The second-order valence-corrected chi connectivity index (χ2v) is 8.13. The van der Waals surface area contributed by atoms with Gasteiger partial charge in [-0.2, -0.15) is 0 Å². The number of nitrogens with zero attached hydrogens (tertiary/aromatic N) is 3. The summed E-state index contributed by atoms with van der Waals surface area (Å²) in [6.07, 6.45) is 2.99. The molecule has 0 bridgehead atoms. The molecule has 0 amide bonds. The van der Waals surface area contributed by atoms with Gasteiger partial charge in [-0.1, -0.05) is 19.1 Å². The lowest BCUT2D eigenvalue weighted by Crippen LogP contribution is -2.28. The van der Waals surface area contributed by atoms with Crippen LogP contribution in [0.4, 0.5) is 11.6 Å². The first-order chi connectivity index (χ1) is 12.4. The number of sulfonamides is 1. The Balaban J connectivity index is 1.87. The summed E-state index contributed by atoms with van der Waals surface area (Å²) >= 11 is 0. The molecule has 8 heteroatoms. The lowest BCUT2D eigenvalue weighted by molar-refractivity contribution is 0.578. The van der Waals surface area contributed by atoms with Crippen molar-refractivity contribution in [2.45, 2.75) is 19.8 Å². The fourth-order valence-electron chi connectivity index (χ4n) is 2.39. The molecule has 1 aromatic carbocycles. The number of hydrogen-bond acceptors (Lipinski definition) is 6. The number of aromatic nitrogens is 2. The normalized spacial score (nSPS) is 11.3. The molecule has 0 aliphatic rings. The fourth-order valence-corrected chi connectivity index (χ4v) is 3.53. The molecule has 2 aromatic rings. The number of anilines is 2. The lowest BCUT2D eigenvalue weighted by atomic mass is 10.1. The SMILES string of the molecule is CCCS(=O)(=O)NCCCNc1nccc(-c2ccc(N(C)C)cc2)n1. The maximum Gasteiger partial charge on any atom is 0.223 e. The van der Waals surface area contributed by atoms with Gasteiger partial charge in [0, 0.05) is 44.6 Å². The van der Waals surface area contributed by atoms with Crippen molar-refractivity contribution in [2.75, 3.05) is 43.2 Å². The number of rotatable bonds is 10. The molecule has 0 unspecified atom stereocenters. The van der Waals surface area contributed by atoms with Crippen LogP contribution in [0.1, 0.15) is 19.8 Å². The maximum absolute atomic E-state index is 11.6. The fraction of sp³-hybridized carbons (Fsp3) is 0.444. The second kappa shape index (κ2) is 9.49. The van der Waals surface area contributed by atoms with Crippen molar-refractivity contribution in [3.05, 3.63) is 36.5 Å².